The number of nitrogens with one attached hydrogen (secondary N) is 1. The molecule has 2 fully saturated rings. The fourth-order valence-electron chi connectivity index (χ4n) is 3.71. The van der Waals surface area contributed by atoms with E-state index in [0.29, 0.717) is 6.54 Å². The van der Waals surface area contributed by atoms with Gasteiger partial charge in [0.2, 0.25) is 5.91 Å². The van der Waals surface area contributed by atoms with E-state index in [4.69, 9.17) is 4.42 Å². The summed E-state index contributed by atoms with van der Waals surface area (Å²) in [5.74, 6) is 2.00. The molecule has 6 heteroatoms. The molecule has 4 rings (SSSR count). The maximum atomic E-state index is 13.2. The minimum atomic E-state index is -0.480. The summed E-state index contributed by atoms with van der Waals surface area (Å²) in [6.45, 7) is 2.59. The highest BCUT2D eigenvalue weighted by molar-refractivity contribution is 7.99. The van der Waals surface area contributed by atoms with Gasteiger partial charge in [-0.05, 0) is 36.6 Å². The Hall–Kier alpha value is -1.79. The van der Waals surface area contributed by atoms with E-state index in [1.807, 2.05) is 17.8 Å². The second kappa shape index (κ2) is 7.45. The molecule has 1 aliphatic heterocycles. The standard InChI is InChI=1S/C20H23FN2O2S/c21-17-3-1-16(2-4-17)20(6-7-20)19(24)22-13-18(15-5-10-25-14-15)23-8-11-26-12-9-23/h1-5,10,14,18H,6-9,11-13H2,(H,22,24). The molecule has 2 aromatic rings. The van der Waals surface area contributed by atoms with Crippen LogP contribution in [-0.4, -0.2) is 41.9 Å². The Bertz CT molecular complexity index is 738. The normalized spacial score (nSPS) is 20.5. The van der Waals surface area contributed by atoms with Crippen LogP contribution in [0.4, 0.5) is 4.39 Å². The summed E-state index contributed by atoms with van der Waals surface area (Å²) in [7, 11) is 0. The number of hydrogen-bond donors (Lipinski definition) is 1. The van der Waals surface area contributed by atoms with Crippen molar-refractivity contribution in [2.75, 3.05) is 31.1 Å². The Kier molecular flexibility index (Phi) is 5.05. The molecule has 1 aromatic heterocycles. The van der Waals surface area contributed by atoms with Gasteiger partial charge in [0.1, 0.15) is 5.82 Å². The summed E-state index contributed by atoms with van der Waals surface area (Å²) in [5, 5.41) is 3.16. The van der Waals surface area contributed by atoms with Gasteiger partial charge >= 0.3 is 0 Å². The molecule has 2 aliphatic rings. The van der Waals surface area contributed by atoms with Crippen LogP contribution in [0, 0.1) is 5.82 Å². The average molecular weight is 374 g/mol. The first-order valence-corrected chi connectivity index (χ1v) is 10.2. The number of carbonyl (C=O) groups is 1. The molecule has 0 spiro atoms. The van der Waals surface area contributed by atoms with Crippen LogP contribution in [-0.2, 0) is 10.2 Å². The average Bonchev–Trinajstić information content (AvgIpc) is 3.31. The van der Waals surface area contributed by atoms with Gasteiger partial charge < -0.3 is 9.73 Å². The van der Waals surface area contributed by atoms with Crippen LogP contribution >= 0.6 is 11.8 Å². The molecule has 1 saturated carbocycles. The highest BCUT2D eigenvalue weighted by Gasteiger charge is 2.51. The molecule has 1 atom stereocenters. The zero-order valence-corrected chi connectivity index (χ0v) is 15.4. The van der Waals surface area contributed by atoms with E-state index in [1.54, 1.807) is 24.7 Å². The second-order valence-corrected chi connectivity index (χ2v) is 8.24. The molecule has 2 heterocycles. The minimum Gasteiger partial charge on any atom is -0.472 e. The highest BCUT2D eigenvalue weighted by atomic mass is 32.2. The van der Waals surface area contributed by atoms with Gasteiger partial charge in [-0.25, -0.2) is 4.39 Å². The van der Waals surface area contributed by atoms with E-state index in [9.17, 15) is 9.18 Å². The van der Waals surface area contributed by atoms with Gasteiger partial charge in [0.05, 0.1) is 24.0 Å². The third kappa shape index (κ3) is 3.53. The van der Waals surface area contributed by atoms with Gasteiger partial charge in [0.15, 0.2) is 0 Å². The van der Waals surface area contributed by atoms with Crippen molar-refractivity contribution in [1.29, 1.82) is 0 Å². The van der Waals surface area contributed by atoms with E-state index >= 15 is 0 Å². The Labute approximate surface area is 157 Å². The number of amides is 1. The third-order valence-electron chi connectivity index (χ3n) is 5.45. The number of nitrogens with zero attached hydrogens (tertiary/aromatic N) is 1. The van der Waals surface area contributed by atoms with Gasteiger partial charge in [0.25, 0.3) is 0 Å². The summed E-state index contributed by atoms with van der Waals surface area (Å²) in [6, 6.07) is 8.44. The lowest BCUT2D eigenvalue weighted by Crippen LogP contribution is -2.44. The molecule has 1 N–H and O–H groups in total. The van der Waals surface area contributed by atoms with Crippen molar-refractivity contribution in [2.45, 2.75) is 24.3 Å². The van der Waals surface area contributed by atoms with Crippen LogP contribution in [0.2, 0.25) is 0 Å². The first-order chi connectivity index (χ1) is 12.7. The zero-order valence-electron chi connectivity index (χ0n) is 14.6. The molecule has 1 unspecified atom stereocenters. The summed E-state index contributed by atoms with van der Waals surface area (Å²) >= 11 is 1.97. The number of thioether (sulfide) groups is 1. The van der Waals surface area contributed by atoms with Crippen LogP contribution in [0.5, 0.6) is 0 Å². The van der Waals surface area contributed by atoms with Crippen molar-refractivity contribution in [1.82, 2.24) is 10.2 Å². The van der Waals surface area contributed by atoms with Crippen LogP contribution in [0.25, 0.3) is 0 Å². The summed E-state index contributed by atoms with van der Waals surface area (Å²) < 4.78 is 18.5. The Morgan fingerprint density at radius 2 is 1.96 bits per heavy atom. The number of halogens is 1. The fourth-order valence-corrected chi connectivity index (χ4v) is 4.64. The van der Waals surface area contributed by atoms with E-state index < -0.39 is 5.41 Å². The summed E-state index contributed by atoms with van der Waals surface area (Å²) in [6.07, 6.45) is 5.09. The lowest BCUT2D eigenvalue weighted by atomic mass is 9.94. The van der Waals surface area contributed by atoms with Crippen molar-refractivity contribution in [2.24, 2.45) is 0 Å². The molecule has 1 amide bonds. The molecule has 26 heavy (non-hydrogen) atoms. The van der Waals surface area contributed by atoms with Gasteiger partial charge in [-0.15, -0.1) is 0 Å². The van der Waals surface area contributed by atoms with E-state index in [1.165, 1.54) is 12.1 Å². The van der Waals surface area contributed by atoms with Crippen molar-refractivity contribution in [3.63, 3.8) is 0 Å². The SMILES string of the molecule is O=C(NCC(c1ccoc1)N1CCSCC1)C1(c2ccc(F)cc2)CC1. The topological polar surface area (TPSA) is 45.5 Å². The largest absolute Gasteiger partial charge is 0.472 e. The zero-order chi connectivity index (χ0) is 18.0. The fraction of sp³-hybridized carbons (Fsp3) is 0.450. The molecule has 1 aromatic carbocycles. The maximum absolute atomic E-state index is 13.2. The predicted octanol–water partition coefficient (Wildman–Crippen LogP) is 3.36. The Balaban J connectivity index is 1.45. The van der Waals surface area contributed by atoms with Gasteiger partial charge in [-0.1, -0.05) is 12.1 Å². The van der Waals surface area contributed by atoms with Crippen LogP contribution in [0.1, 0.15) is 30.0 Å². The Morgan fingerprint density at radius 3 is 2.58 bits per heavy atom. The minimum absolute atomic E-state index is 0.0454. The molecular formula is C20H23FN2O2S. The quantitative estimate of drug-likeness (QED) is 0.842. The predicted molar refractivity (Wildman–Crippen MR) is 101 cm³/mol. The number of rotatable bonds is 6. The first kappa shape index (κ1) is 17.6. The van der Waals surface area contributed by atoms with Gasteiger partial charge in [-0.3, -0.25) is 9.69 Å². The van der Waals surface area contributed by atoms with Crippen LogP contribution < -0.4 is 5.32 Å². The van der Waals surface area contributed by atoms with Crippen molar-refractivity contribution < 1.29 is 13.6 Å². The number of carbonyl (C=O) groups excluding carboxylic acids is 1. The van der Waals surface area contributed by atoms with Crippen LogP contribution in [0.15, 0.2) is 47.3 Å². The lowest BCUT2D eigenvalue weighted by Gasteiger charge is -2.34. The van der Waals surface area contributed by atoms with E-state index in [2.05, 4.69) is 10.2 Å². The number of benzene rings is 1. The second-order valence-electron chi connectivity index (χ2n) is 7.02. The van der Waals surface area contributed by atoms with Crippen molar-refractivity contribution in [3.8, 4) is 0 Å². The molecule has 0 bridgehead atoms. The smallest absolute Gasteiger partial charge is 0.230 e. The monoisotopic (exact) mass is 374 g/mol. The molecular weight excluding hydrogens is 351 g/mol. The highest BCUT2D eigenvalue weighted by Crippen LogP contribution is 2.48. The van der Waals surface area contributed by atoms with Crippen molar-refractivity contribution >= 4 is 17.7 Å². The van der Waals surface area contributed by atoms with E-state index in [0.717, 1.165) is 48.6 Å². The molecule has 4 nitrogen and oxygen atoms in total. The first-order valence-electron chi connectivity index (χ1n) is 9.07. The number of furan rings is 1. The van der Waals surface area contributed by atoms with Crippen LogP contribution in [0.3, 0.4) is 0 Å². The summed E-state index contributed by atoms with van der Waals surface area (Å²) in [4.78, 5) is 15.3. The molecule has 138 valence electrons. The van der Waals surface area contributed by atoms with Gasteiger partial charge in [0, 0.05) is 36.7 Å². The summed E-state index contributed by atoms with van der Waals surface area (Å²) in [5.41, 5.74) is 1.53. The van der Waals surface area contributed by atoms with Crippen molar-refractivity contribution in [3.05, 3.63) is 59.8 Å². The molecule has 0 radical (unpaired) electrons. The molecule has 1 saturated heterocycles. The third-order valence-corrected chi connectivity index (χ3v) is 6.39. The lowest BCUT2D eigenvalue weighted by molar-refractivity contribution is -0.123. The Morgan fingerprint density at radius 1 is 1.23 bits per heavy atom. The van der Waals surface area contributed by atoms with E-state index in [-0.39, 0.29) is 17.8 Å². The number of hydrogen-bond acceptors (Lipinski definition) is 4. The van der Waals surface area contributed by atoms with Gasteiger partial charge in [-0.2, -0.15) is 11.8 Å². The molecule has 1 aliphatic carbocycles. The maximum Gasteiger partial charge on any atom is 0.230 e.